The van der Waals surface area contributed by atoms with Crippen LogP contribution in [0.5, 0.6) is 0 Å². The standard InChI is InChI=1S/C13H7Br2Cl2N3/c14-6-3-5(4-7(15)10(6)18)13-19-11-8(16)1-2-9(17)12(11)20-13/h1-4H,18H2,(H,19,20). The first-order valence-corrected chi connectivity index (χ1v) is 7.90. The van der Waals surface area contributed by atoms with Crippen LogP contribution < -0.4 is 5.73 Å². The largest absolute Gasteiger partial charge is 0.397 e. The number of fused-ring (bicyclic) bond motifs is 1. The Bertz CT molecular complexity index is 768. The minimum Gasteiger partial charge on any atom is -0.397 e. The van der Waals surface area contributed by atoms with Crippen LogP contribution in [0, 0.1) is 0 Å². The molecule has 3 N–H and O–H groups in total. The molecule has 0 amide bonds. The summed E-state index contributed by atoms with van der Waals surface area (Å²) in [5.41, 5.74) is 8.77. The summed E-state index contributed by atoms with van der Waals surface area (Å²) in [5.74, 6) is 0.677. The minimum absolute atomic E-state index is 0.556. The van der Waals surface area contributed by atoms with E-state index in [9.17, 15) is 0 Å². The van der Waals surface area contributed by atoms with Gasteiger partial charge in [-0.1, -0.05) is 23.2 Å². The zero-order chi connectivity index (χ0) is 14.4. The average Bonchev–Trinajstić information content (AvgIpc) is 2.86. The number of hydrogen-bond donors (Lipinski definition) is 2. The predicted octanol–water partition coefficient (Wildman–Crippen LogP) is 5.64. The first-order valence-electron chi connectivity index (χ1n) is 5.56. The van der Waals surface area contributed by atoms with E-state index in [2.05, 4.69) is 41.8 Å². The second kappa shape index (κ2) is 5.22. The summed E-state index contributed by atoms with van der Waals surface area (Å²) >= 11 is 19.1. The first kappa shape index (κ1) is 14.2. The molecule has 7 heteroatoms. The van der Waals surface area contributed by atoms with Crippen molar-refractivity contribution in [3.63, 3.8) is 0 Å². The van der Waals surface area contributed by atoms with Gasteiger partial charge in [-0.2, -0.15) is 0 Å². The van der Waals surface area contributed by atoms with Gasteiger partial charge >= 0.3 is 0 Å². The number of anilines is 1. The Morgan fingerprint density at radius 2 is 1.65 bits per heavy atom. The molecule has 3 nitrogen and oxygen atoms in total. The number of nitrogens with one attached hydrogen (secondary N) is 1. The highest BCUT2D eigenvalue weighted by molar-refractivity contribution is 9.11. The third-order valence-electron chi connectivity index (χ3n) is 2.90. The third kappa shape index (κ3) is 2.33. The van der Waals surface area contributed by atoms with Gasteiger partial charge in [0.2, 0.25) is 0 Å². The molecule has 0 aliphatic rings. The SMILES string of the molecule is Nc1c(Br)cc(-c2nc3c(Cl)ccc(Cl)c3[nH]2)cc1Br. The molecule has 0 aliphatic carbocycles. The topological polar surface area (TPSA) is 54.7 Å². The fourth-order valence-corrected chi connectivity index (χ4v) is 3.47. The molecule has 3 aromatic rings. The fourth-order valence-electron chi connectivity index (χ4n) is 1.89. The molecule has 1 heterocycles. The number of halogens is 4. The maximum absolute atomic E-state index is 6.15. The van der Waals surface area contributed by atoms with Crippen molar-refractivity contribution in [2.24, 2.45) is 0 Å². The van der Waals surface area contributed by atoms with Crippen molar-refractivity contribution in [1.29, 1.82) is 0 Å². The van der Waals surface area contributed by atoms with Gasteiger partial charge in [0, 0.05) is 14.5 Å². The molecule has 3 rings (SSSR count). The van der Waals surface area contributed by atoms with Crippen molar-refractivity contribution in [1.82, 2.24) is 9.97 Å². The number of rotatable bonds is 1. The molecule has 0 atom stereocenters. The van der Waals surface area contributed by atoms with E-state index >= 15 is 0 Å². The lowest BCUT2D eigenvalue weighted by molar-refractivity contribution is 1.33. The van der Waals surface area contributed by atoms with Crippen LogP contribution in [0.2, 0.25) is 10.0 Å². The van der Waals surface area contributed by atoms with E-state index in [0.29, 0.717) is 27.1 Å². The molecule has 1 aromatic heterocycles. The van der Waals surface area contributed by atoms with Crippen molar-refractivity contribution in [3.8, 4) is 11.4 Å². The second-order valence-corrected chi connectivity index (χ2v) is 6.71. The van der Waals surface area contributed by atoms with E-state index in [1.807, 2.05) is 12.1 Å². The zero-order valence-corrected chi connectivity index (χ0v) is 14.5. The van der Waals surface area contributed by atoms with Crippen LogP contribution in [0.4, 0.5) is 5.69 Å². The van der Waals surface area contributed by atoms with E-state index in [1.165, 1.54) is 0 Å². The van der Waals surface area contributed by atoms with Crippen molar-refractivity contribution < 1.29 is 0 Å². The Hall–Kier alpha value is -0.750. The van der Waals surface area contributed by atoms with Gasteiger partial charge < -0.3 is 10.7 Å². The molecule has 0 fully saturated rings. The summed E-state index contributed by atoms with van der Waals surface area (Å²) in [7, 11) is 0. The Morgan fingerprint density at radius 3 is 2.25 bits per heavy atom. The lowest BCUT2D eigenvalue weighted by Gasteiger charge is -2.04. The van der Waals surface area contributed by atoms with Crippen molar-refractivity contribution >= 4 is 71.8 Å². The van der Waals surface area contributed by atoms with Crippen LogP contribution in [0.15, 0.2) is 33.2 Å². The number of aromatic nitrogens is 2. The van der Waals surface area contributed by atoms with Crippen molar-refractivity contribution in [3.05, 3.63) is 43.3 Å². The molecule has 2 aromatic carbocycles. The zero-order valence-electron chi connectivity index (χ0n) is 9.85. The van der Waals surface area contributed by atoms with Crippen LogP contribution in [-0.2, 0) is 0 Å². The van der Waals surface area contributed by atoms with Crippen LogP contribution in [-0.4, -0.2) is 9.97 Å². The molecule has 0 radical (unpaired) electrons. The smallest absolute Gasteiger partial charge is 0.138 e. The summed E-state index contributed by atoms with van der Waals surface area (Å²) in [6.07, 6.45) is 0. The Morgan fingerprint density at radius 1 is 1.05 bits per heavy atom. The van der Waals surface area contributed by atoms with Gasteiger partial charge in [-0.25, -0.2) is 4.98 Å². The maximum atomic E-state index is 6.15. The van der Waals surface area contributed by atoms with Gasteiger partial charge in [-0.15, -0.1) is 0 Å². The fraction of sp³-hybridized carbons (Fsp3) is 0. The van der Waals surface area contributed by atoms with Gasteiger partial charge in [0.15, 0.2) is 0 Å². The molecule has 0 saturated carbocycles. The average molecular weight is 436 g/mol. The van der Waals surface area contributed by atoms with Crippen LogP contribution in [0.3, 0.4) is 0 Å². The van der Waals surface area contributed by atoms with E-state index in [1.54, 1.807) is 12.1 Å². The summed E-state index contributed by atoms with van der Waals surface area (Å²) < 4.78 is 1.58. The number of nitrogen functional groups attached to an aromatic ring is 1. The summed E-state index contributed by atoms with van der Waals surface area (Å²) in [6, 6.07) is 7.24. The lowest BCUT2D eigenvalue weighted by Crippen LogP contribution is -1.90. The van der Waals surface area contributed by atoms with E-state index in [0.717, 1.165) is 20.0 Å². The molecule has 0 unspecified atom stereocenters. The highest BCUT2D eigenvalue weighted by atomic mass is 79.9. The van der Waals surface area contributed by atoms with Crippen LogP contribution in [0.1, 0.15) is 0 Å². The summed E-state index contributed by atoms with van der Waals surface area (Å²) in [5, 5.41) is 1.14. The summed E-state index contributed by atoms with van der Waals surface area (Å²) in [6.45, 7) is 0. The predicted molar refractivity (Wildman–Crippen MR) is 91.4 cm³/mol. The number of H-pyrrole nitrogens is 1. The number of benzene rings is 2. The number of aromatic amines is 1. The number of hydrogen-bond acceptors (Lipinski definition) is 2. The molecule has 0 bridgehead atoms. The second-order valence-electron chi connectivity index (χ2n) is 4.19. The van der Waals surface area contributed by atoms with Crippen LogP contribution in [0.25, 0.3) is 22.4 Å². The number of nitrogens with zero attached hydrogens (tertiary/aromatic N) is 1. The van der Waals surface area contributed by atoms with Gasteiger partial charge in [-0.3, -0.25) is 0 Å². The Labute approximate surface area is 141 Å². The lowest BCUT2D eigenvalue weighted by atomic mass is 10.2. The Balaban J connectivity index is 2.25. The molecule has 102 valence electrons. The quantitative estimate of drug-likeness (QED) is 0.486. The number of nitrogens with two attached hydrogens (primary N) is 1. The van der Waals surface area contributed by atoms with E-state index in [-0.39, 0.29) is 0 Å². The van der Waals surface area contributed by atoms with Gasteiger partial charge in [-0.05, 0) is 56.1 Å². The molecular formula is C13H7Br2Cl2N3. The summed E-state index contributed by atoms with van der Waals surface area (Å²) in [4.78, 5) is 7.69. The van der Waals surface area contributed by atoms with Gasteiger partial charge in [0.1, 0.15) is 11.3 Å². The number of imidazole rings is 1. The molecule has 20 heavy (non-hydrogen) atoms. The van der Waals surface area contributed by atoms with Crippen molar-refractivity contribution in [2.75, 3.05) is 5.73 Å². The van der Waals surface area contributed by atoms with Crippen LogP contribution >= 0.6 is 55.1 Å². The normalized spacial score (nSPS) is 11.2. The van der Waals surface area contributed by atoms with Crippen molar-refractivity contribution in [2.45, 2.75) is 0 Å². The third-order valence-corrected chi connectivity index (χ3v) is 4.83. The molecule has 0 aliphatic heterocycles. The molecule has 0 saturated heterocycles. The van der Waals surface area contributed by atoms with E-state index < -0.39 is 0 Å². The van der Waals surface area contributed by atoms with Gasteiger partial charge in [0.05, 0.1) is 21.2 Å². The highest BCUT2D eigenvalue weighted by Gasteiger charge is 2.13. The van der Waals surface area contributed by atoms with E-state index in [4.69, 9.17) is 28.9 Å². The van der Waals surface area contributed by atoms with Gasteiger partial charge in [0.25, 0.3) is 0 Å². The maximum Gasteiger partial charge on any atom is 0.138 e. The molecule has 0 spiro atoms. The minimum atomic E-state index is 0.556. The molecular weight excluding hydrogens is 429 g/mol. The monoisotopic (exact) mass is 433 g/mol. The first-order chi connectivity index (χ1) is 9.47. The Kier molecular flexibility index (Phi) is 3.71. The highest BCUT2D eigenvalue weighted by Crippen LogP contribution is 2.35.